The molecule has 1 saturated heterocycles. The van der Waals surface area contributed by atoms with Crippen molar-refractivity contribution in [3.63, 3.8) is 0 Å². The lowest BCUT2D eigenvalue weighted by Gasteiger charge is -2.34. The number of aliphatic hydroxyl groups is 2. The number of hydrogen-bond acceptors (Lipinski definition) is 4. The molecular formula is C24H38O4. The number of carbonyl (C=O) groups is 1. The minimum Gasteiger partial charge on any atom is -0.456 e. The molecular weight excluding hydrogens is 352 g/mol. The van der Waals surface area contributed by atoms with E-state index in [4.69, 9.17) is 4.74 Å². The van der Waals surface area contributed by atoms with Crippen molar-refractivity contribution in [3.05, 3.63) is 35.9 Å². The molecule has 3 atom stereocenters. The van der Waals surface area contributed by atoms with E-state index in [0.717, 1.165) is 12.8 Å². The molecule has 0 amide bonds. The molecule has 28 heavy (non-hydrogen) atoms. The molecule has 0 spiro atoms. The van der Waals surface area contributed by atoms with Crippen LogP contribution in [0.5, 0.6) is 0 Å². The first-order valence-corrected chi connectivity index (χ1v) is 11.0. The van der Waals surface area contributed by atoms with Crippen LogP contribution in [-0.2, 0) is 16.0 Å². The van der Waals surface area contributed by atoms with Gasteiger partial charge in [0.05, 0.1) is 12.0 Å². The average molecular weight is 391 g/mol. The van der Waals surface area contributed by atoms with Crippen LogP contribution in [0.2, 0.25) is 0 Å². The minimum atomic E-state index is -0.958. The number of cyclic esters (lactones) is 1. The molecule has 1 aromatic rings. The summed E-state index contributed by atoms with van der Waals surface area (Å²) in [5, 5.41) is 20.7. The molecule has 0 aromatic heterocycles. The Hall–Kier alpha value is -1.39. The Morgan fingerprint density at radius 1 is 1.04 bits per heavy atom. The Labute approximate surface area is 170 Å². The lowest BCUT2D eigenvalue weighted by atomic mass is 9.83. The van der Waals surface area contributed by atoms with Crippen molar-refractivity contribution in [2.75, 3.05) is 0 Å². The van der Waals surface area contributed by atoms with Crippen molar-refractivity contribution >= 4 is 5.97 Å². The monoisotopic (exact) mass is 390 g/mol. The second-order valence-electron chi connectivity index (χ2n) is 8.99. The molecule has 4 nitrogen and oxygen atoms in total. The largest absolute Gasteiger partial charge is 0.456 e. The molecule has 2 N–H and O–H groups in total. The zero-order valence-corrected chi connectivity index (χ0v) is 17.7. The van der Waals surface area contributed by atoms with Crippen molar-refractivity contribution in [2.45, 2.75) is 108 Å². The molecule has 1 heterocycles. The normalized spacial score (nSPS) is 24.1. The second kappa shape index (κ2) is 11.0. The maximum Gasteiger partial charge on any atom is 0.309 e. The van der Waals surface area contributed by atoms with Crippen molar-refractivity contribution in [2.24, 2.45) is 0 Å². The van der Waals surface area contributed by atoms with Gasteiger partial charge in [0, 0.05) is 6.42 Å². The van der Waals surface area contributed by atoms with Crippen LogP contribution in [0.4, 0.5) is 0 Å². The minimum absolute atomic E-state index is 0.0257. The van der Waals surface area contributed by atoms with E-state index in [1.807, 2.05) is 0 Å². The standard InChI is InChI=1S/C24H38O4/c1-23(27,19-24(2)21(25)18-22(26)28-24)17-13-8-6-4-3-5-7-10-14-20-15-11-9-12-16-20/h9,11-12,15-16,21,25,27H,3-8,10,13-14,17-19H2,1-2H3/t21-,23+,24-/m0/s1. The van der Waals surface area contributed by atoms with Gasteiger partial charge in [-0.3, -0.25) is 4.79 Å². The van der Waals surface area contributed by atoms with E-state index in [1.54, 1.807) is 13.8 Å². The summed E-state index contributed by atoms with van der Waals surface area (Å²) in [5.74, 6) is -0.380. The van der Waals surface area contributed by atoms with Crippen LogP contribution in [0.25, 0.3) is 0 Å². The third-order valence-corrected chi connectivity index (χ3v) is 5.92. The predicted octanol–water partition coefficient (Wildman–Crippen LogP) is 4.95. The number of aliphatic hydroxyl groups excluding tert-OH is 1. The smallest absolute Gasteiger partial charge is 0.309 e. The van der Waals surface area contributed by atoms with Gasteiger partial charge in [-0.15, -0.1) is 0 Å². The summed E-state index contributed by atoms with van der Waals surface area (Å²) >= 11 is 0. The van der Waals surface area contributed by atoms with Crippen LogP contribution >= 0.6 is 0 Å². The van der Waals surface area contributed by atoms with Crippen molar-refractivity contribution in [1.82, 2.24) is 0 Å². The highest BCUT2D eigenvalue weighted by Crippen LogP contribution is 2.36. The Morgan fingerprint density at radius 2 is 1.61 bits per heavy atom. The van der Waals surface area contributed by atoms with Gasteiger partial charge in [-0.05, 0) is 38.7 Å². The topological polar surface area (TPSA) is 66.8 Å². The number of esters is 1. The van der Waals surface area contributed by atoms with Gasteiger partial charge in [-0.2, -0.15) is 0 Å². The van der Waals surface area contributed by atoms with Crippen LogP contribution in [-0.4, -0.2) is 33.5 Å². The maximum atomic E-state index is 11.4. The fraction of sp³-hybridized carbons (Fsp3) is 0.708. The molecule has 1 aromatic carbocycles. The average Bonchev–Trinajstić information content (AvgIpc) is 2.88. The summed E-state index contributed by atoms with van der Waals surface area (Å²) in [6, 6.07) is 10.7. The van der Waals surface area contributed by atoms with Gasteiger partial charge in [0.2, 0.25) is 0 Å². The molecule has 1 fully saturated rings. The van der Waals surface area contributed by atoms with Crippen molar-refractivity contribution in [3.8, 4) is 0 Å². The van der Waals surface area contributed by atoms with Gasteiger partial charge in [0.15, 0.2) is 0 Å². The van der Waals surface area contributed by atoms with E-state index in [2.05, 4.69) is 30.3 Å². The molecule has 0 aliphatic carbocycles. The van der Waals surface area contributed by atoms with Crippen LogP contribution in [0.15, 0.2) is 30.3 Å². The zero-order chi connectivity index (χ0) is 20.5. The molecule has 1 aliphatic heterocycles. The van der Waals surface area contributed by atoms with E-state index in [0.29, 0.717) is 6.42 Å². The number of unbranched alkanes of at least 4 members (excludes halogenated alkanes) is 7. The molecule has 0 saturated carbocycles. The summed E-state index contributed by atoms with van der Waals surface area (Å²) in [6.07, 6.45) is 11.0. The predicted molar refractivity (Wildman–Crippen MR) is 112 cm³/mol. The molecule has 4 heteroatoms. The van der Waals surface area contributed by atoms with Crippen LogP contribution in [0, 0.1) is 0 Å². The molecule has 0 unspecified atom stereocenters. The van der Waals surface area contributed by atoms with E-state index < -0.39 is 17.3 Å². The molecule has 0 bridgehead atoms. The van der Waals surface area contributed by atoms with Crippen LogP contribution < -0.4 is 0 Å². The fourth-order valence-electron chi connectivity index (χ4n) is 4.28. The molecule has 1 aliphatic rings. The Bertz CT molecular complexity index is 584. The molecule has 2 rings (SSSR count). The highest BCUT2D eigenvalue weighted by molar-refractivity contribution is 5.73. The van der Waals surface area contributed by atoms with Crippen molar-refractivity contribution < 1.29 is 19.7 Å². The van der Waals surface area contributed by atoms with E-state index >= 15 is 0 Å². The summed E-state index contributed by atoms with van der Waals surface area (Å²) in [7, 11) is 0. The highest BCUT2D eigenvalue weighted by Gasteiger charge is 2.48. The summed E-state index contributed by atoms with van der Waals surface area (Å²) in [4.78, 5) is 11.4. The second-order valence-corrected chi connectivity index (χ2v) is 8.99. The lowest BCUT2D eigenvalue weighted by Crippen LogP contribution is -2.44. The van der Waals surface area contributed by atoms with Gasteiger partial charge in [-0.1, -0.05) is 75.3 Å². The first-order chi connectivity index (χ1) is 13.3. The first kappa shape index (κ1) is 22.9. The van der Waals surface area contributed by atoms with Gasteiger partial charge in [-0.25, -0.2) is 0 Å². The Balaban J connectivity index is 1.47. The maximum absolute atomic E-state index is 11.4. The first-order valence-electron chi connectivity index (χ1n) is 11.0. The Morgan fingerprint density at radius 3 is 2.18 bits per heavy atom. The number of rotatable bonds is 13. The van der Waals surface area contributed by atoms with Gasteiger partial charge >= 0.3 is 5.97 Å². The highest BCUT2D eigenvalue weighted by atomic mass is 16.6. The van der Waals surface area contributed by atoms with Crippen LogP contribution in [0.3, 0.4) is 0 Å². The summed E-state index contributed by atoms with van der Waals surface area (Å²) in [6.45, 7) is 3.50. The number of aryl methyl sites for hydroxylation is 1. The number of ether oxygens (including phenoxy) is 1. The van der Waals surface area contributed by atoms with Gasteiger partial charge in [0.1, 0.15) is 11.7 Å². The van der Waals surface area contributed by atoms with E-state index in [-0.39, 0.29) is 18.8 Å². The van der Waals surface area contributed by atoms with E-state index in [1.165, 1.54) is 50.5 Å². The van der Waals surface area contributed by atoms with Crippen molar-refractivity contribution in [1.29, 1.82) is 0 Å². The zero-order valence-electron chi connectivity index (χ0n) is 17.7. The molecule has 0 radical (unpaired) electrons. The fourth-order valence-corrected chi connectivity index (χ4v) is 4.28. The third kappa shape index (κ3) is 7.92. The summed E-state index contributed by atoms with van der Waals surface area (Å²) in [5.41, 5.74) is -0.443. The van der Waals surface area contributed by atoms with Crippen LogP contribution in [0.1, 0.15) is 90.0 Å². The lowest BCUT2D eigenvalue weighted by molar-refractivity contribution is -0.155. The molecule has 158 valence electrons. The van der Waals surface area contributed by atoms with E-state index in [9.17, 15) is 15.0 Å². The third-order valence-electron chi connectivity index (χ3n) is 5.92. The number of benzene rings is 1. The quantitative estimate of drug-likeness (QED) is 0.369. The van der Waals surface area contributed by atoms with Gasteiger partial charge in [0.25, 0.3) is 0 Å². The Kier molecular flexibility index (Phi) is 8.97. The number of carbonyl (C=O) groups excluding carboxylic acids is 1. The SMILES string of the molecule is C[C@@](O)(CCCCCCCCCCc1ccccc1)C[C@]1(C)OC(=O)C[C@@H]1O. The van der Waals surface area contributed by atoms with Gasteiger partial charge < -0.3 is 14.9 Å². The number of hydrogen-bond donors (Lipinski definition) is 2. The summed E-state index contributed by atoms with van der Waals surface area (Å²) < 4.78 is 5.27.